The van der Waals surface area contributed by atoms with E-state index in [0.717, 1.165) is 65.1 Å². The summed E-state index contributed by atoms with van der Waals surface area (Å²) >= 11 is 0. The molecule has 1 aliphatic heterocycles. The Labute approximate surface area is 204 Å². The van der Waals surface area contributed by atoms with Crippen LogP contribution in [0.15, 0.2) is 76.8 Å². The van der Waals surface area contributed by atoms with Crippen LogP contribution in [0.4, 0.5) is 5.69 Å². The van der Waals surface area contributed by atoms with Gasteiger partial charge in [-0.2, -0.15) is 10.1 Å². The van der Waals surface area contributed by atoms with Gasteiger partial charge in [-0.1, -0.05) is 48.9 Å². The standard InChI is InChI=1S/C27H28N8/c1-18-23(19-9-4-2-5-10-19)24-30-16-13-22(35(24)33-18)20-11-8-12-21(17-20)34-26(29)31-25(28)32-27(34)14-6-3-7-15-27/h2,4-5,8-13,16-17H,3,6-7,14-15H2,1H3,(H4,28,29,31,32). The summed E-state index contributed by atoms with van der Waals surface area (Å²) in [5.41, 5.74) is 18.9. The van der Waals surface area contributed by atoms with Crippen molar-refractivity contribution in [1.29, 1.82) is 0 Å². The third kappa shape index (κ3) is 3.53. The number of rotatable bonds is 3. The Morgan fingerprint density at radius 1 is 0.886 bits per heavy atom. The van der Waals surface area contributed by atoms with Gasteiger partial charge in [0.1, 0.15) is 5.66 Å². The third-order valence-corrected chi connectivity index (χ3v) is 7.01. The number of aromatic nitrogens is 3. The summed E-state index contributed by atoms with van der Waals surface area (Å²) < 4.78 is 1.93. The Morgan fingerprint density at radius 2 is 1.66 bits per heavy atom. The average Bonchev–Trinajstić information content (AvgIpc) is 3.20. The van der Waals surface area contributed by atoms with Gasteiger partial charge in [-0.25, -0.2) is 14.5 Å². The van der Waals surface area contributed by atoms with E-state index in [1.165, 1.54) is 6.42 Å². The fourth-order valence-electron chi connectivity index (χ4n) is 5.51. The first-order valence-electron chi connectivity index (χ1n) is 12.1. The lowest BCUT2D eigenvalue weighted by Gasteiger charge is -2.45. The van der Waals surface area contributed by atoms with Gasteiger partial charge in [-0.05, 0) is 56.4 Å². The van der Waals surface area contributed by atoms with Crippen molar-refractivity contribution in [2.45, 2.75) is 44.7 Å². The van der Waals surface area contributed by atoms with Crippen LogP contribution < -0.4 is 16.4 Å². The van der Waals surface area contributed by atoms with Crippen molar-refractivity contribution in [3.63, 3.8) is 0 Å². The van der Waals surface area contributed by atoms with Crippen LogP contribution in [0, 0.1) is 6.92 Å². The van der Waals surface area contributed by atoms with E-state index in [1.807, 2.05) is 48.0 Å². The van der Waals surface area contributed by atoms with Crippen molar-refractivity contribution in [2.75, 3.05) is 4.90 Å². The summed E-state index contributed by atoms with van der Waals surface area (Å²) in [4.78, 5) is 15.9. The smallest absolute Gasteiger partial charge is 0.220 e. The molecule has 1 aliphatic carbocycles. The molecule has 3 heterocycles. The first kappa shape index (κ1) is 21.3. The molecule has 1 fully saturated rings. The Balaban J connectivity index is 1.47. The minimum Gasteiger partial charge on any atom is -0.369 e. The van der Waals surface area contributed by atoms with Crippen molar-refractivity contribution in [2.24, 2.45) is 21.5 Å². The van der Waals surface area contributed by atoms with Crippen molar-refractivity contribution in [1.82, 2.24) is 14.6 Å². The molecule has 176 valence electrons. The maximum atomic E-state index is 6.46. The van der Waals surface area contributed by atoms with Crippen LogP contribution >= 0.6 is 0 Å². The third-order valence-electron chi connectivity index (χ3n) is 7.01. The van der Waals surface area contributed by atoms with E-state index in [2.05, 4.69) is 45.2 Å². The normalized spacial score (nSPS) is 17.5. The number of hydrogen-bond donors (Lipinski definition) is 2. The SMILES string of the molecule is Cc1nn2c(-c3cccc(N4C(N)=NC(N)=NC45CCCCC5)c3)ccnc2c1-c1ccccc1. The van der Waals surface area contributed by atoms with Gasteiger partial charge >= 0.3 is 0 Å². The molecule has 0 bridgehead atoms. The van der Waals surface area contributed by atoms with Gasteiger partial charge in [-0.3, -0.25) is 4.90 Å². The monoisotopic (exact) mass is 464 g/mol. The number of benzene rings is 2. The summed E-state index contributed by atoms with van der Waals surface area (Å²) in [6.45, 7) is 2.03. The summed E-state index contributed by atoms with van der Waals surface area (Å²) in [5.74, 6) is 0.644. The fourth-order valence-corrected chi connectivity index (χ4v) is 5.51. The van der Waals surface area contributed by atoms with E-state index in [9.17, 15) is 0 Å². The molecular weight excluding hydrogens is 436 g/mol. The second kappa shape index (κ2) is 8.23. The predicted octanol–water partition coefficient (Wildman–Crippen LogP) is 4.48. The van der Waals surface area contributed by atoms with Crippen LogP contribution in [-0.2, 0) is 0 Å². The average molecular weight is 465 g/mol. The Kier molecular flexibility index (Phi) is 5.02. The number of aliphatic imine (C=N–C) groups is 2. The zero-order valence-electron chi connectivity index (χ0n) is 19.7. The molecule has 0 amide bonds. The van der Waals surface area contributed by atoms with Gasteiger partial charge in [0.25, 0.3) is 0 Å². The molecule has 2 aliphatic rings. The number of nitrogens with zero attached hydrogens (tertiary/aromatic N) is 6. The molecule has 0 unspecified atom stereocenters. The molecule has 0 saturated heterocycles. The summed E-state index contributed by atoms with van der Waals surface area (Å²) in [6.07, 6.45) is 6.99. The van der Waals surface area contributed by atoms with Crippen molar-refractivity contribution in [3.8, 4) is 22.4 Å². The summed E-state index contributed by atoms with van der Waals surface area (Å²) in [6, 6.07) is 20.6. The number of fused-ring (bicyclic) bond motifs is 1. The lowest BCUT2D eigenvalue weighted by Crippen LogP contribution is -2.58. The molecule has 8 nitrogen and oxygen atoms in total. The molecular formula is C27H28N8. The first-order chi connectivity index (χ1) is 17.1. The maximum absolute atomic E-state index is 6.46. The van der Waals surface area contributed by atoms with Crippen molar-refractivity contribution in [3.05, 3.63) is 72.6 Å². The largest absolute Gasteiger partial charge is 0.369 e. The highest BCUT2D eigenvalue weighted by atomic mass is 15.4. The van der Waals surface area contributed by atoms with Crippen LogP contribution in [0.1, 0.15) is 37.8 Å². The molecule has 4 N–H and O–H groups in total. The first-order valence-corrected chi connectivity index (χ1v) is 12.1. The number of anilines is 1. The number of hydrogen-bond acceptors (Lipinski definition) is 7. The molecule has 6 rings (SSSR count). The van der Waals surface area contributed by atoms with Crippen molar-refractivity contribution < 1.29 is 0 Å². The van der Waals surface area contributed by atoms with E-state index >= 15 is 0 Å². The minimum absolute atomic E-state index is 0.258. The molecule has 4 aromatic rings. The van der Waals surface area contributed by atoms with E-state index in [4.69, 9.17) is 21.6 Å². The van der Waals surface area contributed by atoms with Gasteiger partial charge in [0.15, 0.2) is 5.65 Å². The molecule has 35 heavy (non-hydrogen) atoms. The fraction of sp³-hybridized carbons (Fsp3) is 0.259. The number of nitrogens with two attached hydrogens (primary N) is 2. The Bertz CT molecular complexity index is 1460. The zero-order valence-corrected chi connectivity index (χ0v) is 19.7. The van der Waals surface area contributed by atoms with Crippen molar-refractivity contribution >= 4 is 23.3 Å². The lowest BCUT2D eigenvalue weighted by molar-refractivity contribution is 0.305. The molecule has 8 heteroatoms. The van der Waals surface area contributed by atoms with Crippen LogP contribution in [0.2, 0.25) is 0 Å². The van der Waals surface area contributed by atoms with E-state index in [1.54, 1.807) is 0 Å². The van der Waals surface area contributed by atoms with Gasteiger partial charge < -0.3 is 11.5 Å². The van der Waals surface area contributed by atoms with E-state index in [0.29, 0.717) is 5.96 Å². The van der Waals surface area contributed by atoms with Gasteiger partial charge in [0, 0.05) is 23.0 Å². The van der Waals surface area contributed by atoms with Crippen LogP contribution in [0.5, 0.6) is 0 Å². The molecule has 2 aromatic heterocycles. The van der Waals surface area contributed by atoms with E-state index < -0.39 is 5.66 Å². The van der Waals surface area contributed by atoms with Crippen LogP contribution in [-0.4, -0.2) is 32.2 Å². The highest BCUT2D eigenvalue weighted by molar-refractivity contribution is 6.05. The number of aryl methyl sites for hydroxylation is 1. The summed E-state index contributed by atoms with van der Waals surface area (Å²) in [7, 11) is 0. The molecule has 1 spiro atoms. The van der Waals surface area contributed by atoms with Gasteiger partial charge in [0.2, 0.25) is 11.9 Å². The van der Waals surface area contributed by atoms with Crippen LogP contribution in [0.3, 0.4) is 0 Å². The topological polar surface area (TPSA) is 110 Å². The van der Waals surface area contributed by atoms with Crippen LogP contribution in [0.25, 0.3) is 28.0 Å². The molecule has 2 aromatic carbocycles. The predicted molar refractivity (Wildman–Crippen MR) is 140 cm³/mol. The Hall–Kier alpha value is -4.20. The summed E-state index contributed by atoms with van der Waals surface area (Å²) in [5, 5.41) is 4.87. The molecule has 0 radical (unpaired) electrons. The highest BCUT2D eigenvalue weighted by Gasteiger charge is 2.42. The Morgan fingerprint density at radius 3 is 2.46 bits per heavy atom. The second-order valence-electron chi connectivity index (χ2n) is 9.26. The van der Waals surface area contributed by atoms with Gasteiger partial charge in [-0.15, -0.1) is 0 Å². The maximum Gasteiger partial charge on any atom is 0.220 e. The second-order valence-corrected chi connectivity index (χ2v) is 9.26. The van der Waals surface area contributed by atoms with Gasteiger partial charge in [0.05, 0.1) is 11.4 Å². The van der Waals surface area contributed by atoms with E-state index in [-0.39, 0.29) is 5.96 Å². The number of guanidine groups is 2. The quantitative estimate of drug-likeness (QED) is 0.464. The lowest BCUT2D eigenvalue weighted by atomic mass is 9.87. The highest BCUT2D eigenvalue weighted by Crippen LogP contribution is 2.40. The molecule has 1 saturated carbocycles. The minimum atomic E-state index is -0.483. The zero-order chi connectivity index (χ0) is 24.0. The molecule has 0 atom stereocenters.